The van der Waals surface area contributed by atoms with E-state index in [1.54, 1.807) is 11.3 Å². The molecule has 2 rings (SSSR count). The SMILES string of the molecule is CC1CCC(O)(Cc2sccc2Br)C1. The van der Waals surface area contributed by atoms with Crippen LogP contribution in [0.15, 0.2) is 15.9 Å². The molecular weight excluding hydrogens is 260 g/mol. The van der Waals surface area contributed by atoms with Crippen molar-refractivity contribution < 1.29 is 5.11 Å². The first-order valence-corrected chi connectivity index (χ1v) is 6.71. The molecule has 1 heterocycles. The Morgan fingerprint density at radius 3 is 3.00 bits per heavy atom. The molecule has 3 heteroatoms. The van der Waals surface area contributed by atoms with Crippen molar-refractivity contribution >= 4 is 27.3 Å². The molecule has 1 aliphatic carbocycles. The van der Waals surface area contributed by atoms with Gasteiger partial charge in [0.1, 0.15) is 0 Å². The minimum atomic E-state index is -0.438. The highest BCUT2D eigenvalue weighted by molar-refractivity contribution is 9.10. The lowest BCUT2D eigenvalue weighted by Crippen LogP contribution is -2.27. The lowest BCUT2D eigenvalue weighted by Gasteiger charge is -2.21. The van der Waals surface area contributed by atoms with Crippen LogP contribution in [-0.2, 0) is 6.42 Å². The van der Waals surface area contributed by atoms with Gasteiger partial charge in [-0.25, -0.2) is 0 Å². The summed E-state index contributed by atoms with van der Waals surface area (Å²) in [6.07, 6.45) is 3.89. The fourth-order valence-electron chi connectivity index (χ4n) is 2.28. The summed E-state index contributed by atoms with van der Waals surface area (Å²) in [5.74, 6) is 0.679. The minimum absolute atomic E-state index is 0.438. The Bertz CT molecular complexity index is 323. The molecule has 1 fully saturated rings. The Morgan fingerprint density at radius 1 is 1.71 bits per heavy atom. The van der Waals surface area contributed by atoms with E-state index in [-0.39, 0.29) is 0 Å². The quantitative estimate of drug-likeness (QED) is 0.874. The third kappa shape index (κ3) is 2.20. The van der Waals surface area contributed by atoms with Crippen molar-refractivity contribution in [1.29, 1.82) is 0 Å². The van der Waals surface area contributed by atoms with Gasteiger partial charge in [-0.3, -0.25) is 0 Å². The molecular formula is C11H15BrOS. The molecule has 2 atom stereocenters. The molecule has 1 aromatic heterocycles. The van der Waals surface area contributed by atoms with Crippen molar-refractivity contribution in [2.24, 2.45) is 5.92 Å². The molecule has 0 spiro atoms. The van der Waals surface area contributed by atoms with Crippen LogP contribution in [0.4, 0.5) is 0 Å². The van der Waals surface area contributed by atoms with Gasteiger partial charge >= 0.3 is 0 Å². The summed E-state index contributed by atoms with van der Waals surface area (Å²) in [4.78, 5) is 1.28. The predicted molar refractivity (Wildman–Crippen MR) is 63.7 cm³/mol. The standard InChI is InChI=1S/C11H15BrOS/c1-8-2-4-11(13,6-8)7-10-9(12)3-5-14-10/h3,5,8,13H,2,4,6-7H2,1H3. The molecule has 0 aliphatic heterocycles. The van der Waals surface area contributed by atoms with E-state index in [2.05, 4.69) is 34.3 Å². The van der Waals surface area contributed by atoms with E-state index in [1.807, 2.05) is 0 Å². The van der Waals surface area contributed by atoms with Crippen molar-refractivity contribution in [2.75, 3.05) is 0 Å². The van der Waals surface area contributed by atoms with E-state index in [0.29, 0.717) is 5.92 Å². The van der Waals surface area contributed by atoms with Crippen molar-refractivity contribution in [3.8, 4) is 0 Å². The van der Waals surface area contributed by atoms with Gasteiger partial charge in [0, 0.05) is 15.8 Å². The smallest absolute Gasteiger partial charge is 0.0698 e. The zero-order valence-corrected chi connectivity index (χ0v) is 10.7. The van der Waals surface area contributed by atoms with E-state index in [1.165, 1.54) is 11.3 Å². The van der Waals surface area contributed by atoms with Crippen LogP contribution in [0.5, 0.6) is 0 Å². The second-order valence-corrected chi connectivity index (χ2v) is 6.30. The third-order valence-electron chi connectivity index (χ3n) is 3.01. The maximum Gasteiger partial charge on any atom is 0.0698 e. The van der Waals surface area contributed by atoms with Gasteiger partial charge in [-0.05, 0) is 52.6 Å². The lowest BCUT2D eigenvalue weighted by molar-refractivity contribution is 0.0453. The molecule has 1 aliphatic rings. The summed E-state index contributed by atoms with van der Waals surface area (Å²) in [6.45, 7) is 2.22. The molecule has 0 radical (unpaired) electrons. The fourth-order valence-corrected chi connectivity index (χ4v) is 3.91. The average molecular weight is 275 g/mol. The second-order valence-electron chi connectivity index (χ2n) is 4.44. The van der Waals surface area contributed by atoms with Gasteiger partial charge in [0.05, 0.1) is 5.60 Å². The molecule has 0 bridgehead atoms. The van der Waals surface area contributed by atoms with Crippen LogP contribution in [0, 0.1) is 5.92 Å². The Kier molecular flexibility index (Phi) is 3.01. The van der Waals surface area contributed by atoms with Crippen molar-refractivity contribution in [3.05, 3.63) is 20.8 Å². The first kappa shape index (κ1) is 10.7. The zero-order chi connectivity index (χ0) is 10.2. The van der Waals surface area contributed by atoms with Crippen LogP contribution < -0.4 is 0 Å². The predicted octanol–water partition coefficient (Wildman–Crippen LogP) is 3.60. The third-order valence-corrected chi connectivity index (χ3v) is 4.94. The van der Waals surface area contributed by atoms with Gasteiger partial charge < -0.3 is 5.11 Å². The maximum absolute atomic E-state index is 10.3. The highest BCUT2D eigenvalue weighted by Gasteiger charge is 2.35. The van der Waals surface area contributed by atoms with Crippen LogP contribution in [0.2, 0.25) is 0 Å². The maximum atomic E-state index is 10.3. The molecule has 0 aromatic carbocycles. The molecule has 2 unspecified atom stereocenters. The van der Waals surface area contributed by atoms with Gasteiger partial charge in [0.2, 0.25) is 0 Å². The van der Waals surface area contributed by atoms with Crippen molar-refractivity contribution in [1.82, 2.24) is 0 Å². The molecule has 0 saturated heterocycles. The monoisotopic (exact) mass is 274 g/mol. The highest BCUT2D eigenvalue weighted by atomic mass is 79.9. The molecule has 1 saturated carbocycles. The number of hydrogen-bond donors (Lipinski definition) is 1. The Balaban J connectivity index is 2.07. The summed E-state index contributed by atoms with van der Waals surface area (Å²) in [7, 11) is 0. The molecule has 1 aromatic rings. The average Bonchev–Trinajstić information content (AvgIpc) is 2.62. The highest BCUT2D eigenvalue weighted by Crippen LogP contribution is 2.38. The number of aliphatic hydroxyl groups is 1. The van der Waals surface area contributed by atoms with E-state index >= 15 is 0 Å². The van der Waals surface area contributed by atoms with Crippen molar-refractivity contribution in [3.63, 3.8) is 0 Å². The number of thiophene rings is 1. The summed E-state index contributed by atoms with van der Waals surface area (Å²) in [5, 5.41) is 12.4. The number of hydrogen-bond acceptors (Lipinski definition) is 2. The van der Waals surface area contributed by atoms with Gasteiger partial charge in [-0.15, -0.1) is 11.3 Å². The molecule has 78 valence electrons. The summed E-state index contributed by atoms with van der Waals surface area (Å²) in [6, 6.07) is 2.06. The fraction of sp³-hybridized carbons (Fsp3) is 0.636. The van der Waals surface area contributed by atoms with Gasteiger partial charge in [-0.2, -0.15) is 0 Å². The van der Waals surface area contributed by atoms with E-state index in [0.717, 1.165) is 23.7 Å². The van der Waals surface area contributed by atoms with Gasteiger partial charge in [0.15, 0.2) is 0 Å². The van der Waals surface area contributed by atoms with Crippen LogP contribution in [0.25, 0.3) is 0 Å². The van der Waals surface area contributed by atoms with Gasteiger partial charge in [-0.1, -0.05) is 6.92 Å². The topological polar surface area (TPSA) is 20.2 Å². The Labute approximate surface area is 97.3 Å². The van der Waals surface area contributed by atoms with Crippen LogP contribution >= 0.6 is 27.3 Å². The summed E-state index contributed by atoms with van der Waals surface area (Å²) >= 11 is 5.24. The second kappa shape index (κ2) is 3.95. The Morgan fingerprint density at radius 2 is 2.50 bits per heavy atom. The first-order valence-electron chi connectivity index (χ1n) is 5.03. The number of rotatable bonds is 2. The largest absolute Gasteiger partial charge is 0.390 e. The lowest BCUT2D eigenvalue weighted by atomic mass is 9.96. The van der Waals surface area contributed by atoms with Gasteiger partial charge in [0.25, 0.3) is 0 Å². The van der Waals surface area contributed by atoms with E-state index in [4.69, 9.17) is 0 Å². The van der Waals surface area contributed by atoms with Crippen LogP contribution in [0.3, 0.4) is 0 Å². The molecule has 1 N–H and O–H groups in total. The normalized spacial score (nSPS) is 32.4. The first-order chi connectivity index (χ1) is 6.59. The zero-order valence-electron chi connectivity index (χ0n) is 8.29. The van der Waals surface area contributed by atoms with E-state index < -0.39 is 5.60 Å². The molecule has 0 amide bonds. The number of halogens is 1. The summed E-state index contributed by atoms with van der Waals surface area (Å²) in [5.41, 5.74) is -0.438. The minimum Gasteiger partial charge on any atom is -0.390 e. The van der Waals surface area contributed by atoms with Crippen molar-refractivity contribution in [2.45, 2.75) is 38.2 Å². The van der Waals surface area contributed by atoms with Crippen LogP contribution in [-0.4, -0.2) is 10.7 Å². The Hall–Kier alpha value is 0.140. The van der Waals surface area contributed by atoms with Crippen LogP contribution in [0.1, 0.15) is 31.1 Å². The van der Waals surface area contributed by atoms with E-state index in [9.17, 15) is 5.11 Å². The summed E-state index contributed by atoms with van der Waals surface area (Å²) < 4.78 is 1.15. The molecule has 1 nitrogen and oxygen atoms in total. The molecule has 14 heavy (non-hydrogen) atoms.